The summed E-state index contributed by atoms with van der Waals surface area (Å²) in [5.74, 6) is -2.39. The molecular weight excluding hydrogens is 539 g/mol. The first-order valence-corrected chi connectivity index (χ1v) is 14.1. The number of carbonyl (C=O) groups is 4. The van der Waals surface area contributed by atoms with Gasteiger partial charge in [0.15, 0.2) is 12.3 Å². The highest BCUT2D eigenvalue weighted by atomic mass is 32.1. The van der Waals surface area contributed by atoms with Crippen LogP contribution in [0.15, 0.2) is 23.7 Å². The summed E-state index contributed by atoms with van der Waals surface area (Å²) in [7, 11) is 0. The molecule has 12 heteroatoms. The number of aromatic nitrogens is 1. The summed E-state index contributed by atoms with van der Waals surface area (Å²) in [5.41, 5.74) is 1.34. The van der Waals surface area contributed by atoms with Crippen LogP contribution in [0, 0.1) is 12.3 Å². The Labute approximate surface area is 236 Å². The Bertz CT molecular complexity index is 1300. The number of carboxylic acids is 1. The standard InChI is InChI=1S/C28H35FN4O6S/c1-16-22(40-15-31-16)17-7-8-18(20(12-17)39-14-21(34)35)13-30-24(36)19-6-5-11-33(19)25(37)23(27(2,3)4)32-26(38)28(29)9-10-28/h7-8,12,15,19,23H,5-6,9-11,13-14H2,1-4H3,(H,30,36)(H,32,38)(H,34,35). The van der Waals surface area contributed by atoms with Crippen molar-refractivity contribution in [1.82, 2.24) is 20.5 Å². The van der Waals surface area contributed by atoms with Gasteiger partial charge < -0.3 is 25.4 Å². The van der Waals surface area contributed by atoms with Crippen LogP contribution in [0.1, 0.15) is 57.7 Å². The second-order valence-electron chi connectivity index (χ2n) is 11.4. The Hall–Kier alpha value is -3.54. The van der Waals surface area contributed by atoms with Crippen molar-refractivity contribution in [3.63, 3.8) is 0 Å². The van der Waals surface area contributed by atoms with E-state index in [1.165, 1.54) is 16.2 Å². The number of thiazole rings is 1. The fourth-order valence-corrected chi connectivity index (χ4v) is 5.51. The van der Waals surface area contributed by atoms with E-state index in [0.717, 1.165) is 16.1 Å². The lowest BCUT2D eigenvalue weighted by molar-refractivity contribution is -0.144. The van der Waals surface area contributed by atoms with E-state index < -0.39 is 47.6 Å². The fraction of sp³-hybridized carbons (Fsp3) is 0.536. The van der Waals surface area contributed by atoms with Crippen LogP contribution in [-0.2, 0) is 25.7 Å². The zero-order valence-electron chi connectivity index (χ0n) is 23.1. The summed E-state index contributed by atoms with van der Waals surface area (Å²) in [5, 5.41) is 14.6. The van der Waals surface area contributed by atoms with Crippen molar-refractivity contribution < 1.29 is 33.4 Å². The molecule has 3 N–H and O–H groups in total. The maximum atomic E-state index is 14.4. The summed E-state index contributed by atoms with van der Waals surface area (Å²) >= 11 is 1.45. The lowest BCUT2D eigenvalue weighted by Gasteiger charge is -2.35. The SMILES string of the molecule is Cc1ncsc1-c1ccc(CNC(=O)C2CCCN2C(=O)C(NC(=O)C2(F)CC2)C(C)(C)C)c(OCC(=O)O)c1. The van der Waals surface area contributed by atoms with Gasteiger partial charge in [0.2, 0.25) is 11.8 Å². The van der Waals surface area contributed by atoms with Crippen LogP contribution in [0.2, 0.25) is 0 Å². The lowest BCUT2D eigenvalue weighted by atomic mass is 9.85. The predicted molar refractivity (Wildman–Crippen MR) is 146 cm³/mol. The summed E-state index contributed by atoms with van der Waals surface area (Å²) in [6.45, 7) is 7.09. The molecule has 4 rings (SSSR count). The zero-order chi connectivity index (χ0) is 29.2. The van der Waals surface area contributed by atoms with Gasteiger partial charge in [-0.05, 0) is 49.7 Å². The minimum atomic E-state index is -1.92. The van der Waals surface area contributed by atoms with E-state index in [1.807, 2.05) is 13.0 Å². The molecule has 1 saturated heterocycles. The third-order valence-corrected chi connectivity index (χ3v) is 8.18. The number of ether oxygens (including phenoxy) is 1. The summed E-state index contributed by atoms with van der Waals surface area (Å²) in [6, 6.07) is 3.61. The molecule has 3 amide bonds. The summed E-state index contributed by atoms with van der Waals surface area (Å²) in [4.78, 5) is 57.1. The quantitative estimate of drug-likeness (QED) is 0.396. The highest BCUT2D eigenvalue weighted by molar-refractivity contribution is 7.13. The Morgan fingerprint density at radius 2 is 2.00 bits per heavy atom. The first-order chi connectivity index (χ1) is 18.8. The molecule has 0 spiro atoms. The van der Waals surface area contributed by atoms with Gasteiger partial charge in [-0.2, -0.15) is 0 Å². The maximum absolute atomic E-state index is 14.4. The van der Waals surface area contributed by atoms with E-state index in [1.54, 1.807) is 38.4 Å². The average molecular weight is 575 g/mol. The van der Waals surface area contributed by atoms with Gasteiger partial charge >= 0.3 is 5.97 Å². The number of rotatable bonds is 10. The van der Waals surface area contributed by atoms with Crippen molar-refractivity contribution in [1.29, 1.82) is 0 Å². The zero-order valence-corrected chi connectivity index (χ0v) is 23.9. The molecule has 216 valence electrons. The third kappa shape index (κ3) is 6.60. The number of halogens is 1. The third-order valence-electron chi connectivity index (χ3n) is 7.20. The van der Waals surface area contributed by atoms with Crippen LogP contribution in [0.4, 0.5) is 4.39 Å². The largest absolute Gasteiger partial charge is 0.482 e. The number of nitrogens with one attached hydrogen (secondary N) is 2. The van der Waals surface area contributed by atoms with Crippen LogP contribution in [0.5, 0.6) is 5.75 Å². The minimum absolute atomic E-state index is 0.0536. The lowest BCUT2D eigenvalue weighted by Crippen LogP contribution is -2.58. The van der Waals surface area contributed by atoms with Crippen LogP contribution >= 0.6 is 11.3 Å². The molecule has 1 aromatic carbocycles. The van der Waals surface area contributed by atoms with Crippen LogP contribution in [0.3, 0.4) is 0 Å². The maximum Gasteiger partial charge on any atom is 0.341 e. The van der Waals surface area contributed by atoms with Gasteiger partial charge in [-0.1, -0.05) is 32.9 Å². The second-order valence-corrected chi connectivity index (χ2v) is 12.3. The van der Waals surface area contributed by atoms with Gasteiger partial charge in [-0.3, -0.25) is 14.4 Å². The van der Waals surface area contributed by atoms with Crippen molar-refractivity contribution in [2.24, 2.45) is 5.41 Å². The van der Waals surface area contributed by atoms with Crippen molar-refractivity contribution in [3.05, 3.63) is 35.0 Å². The van der Waals surface area contributed by atoms with Gasteiger partial charge in [0, 0.05) is 18.7 Å². The molecule has 2 heterocycles. The highest BCUT2D eigenvalue weighted by Crippen LogP contribution is 2.40. The van der Waals surface area contributed by atoms with E-state index >= 15 is 0 Å². The Morgan fingerprint density at radius 1 is 1.27 bits per heavy atom. The number of hydrogen-bond acceptors (Lipinski definition) is 7. The summed E-state index contributed by atoms with van der Waals surface area (Å²) in [6.07, 6.45) is 1.34. The number of benzene rings is 1. The van der Waals surface area contributed by atoms with E-state index in [2.05, 4.69) is 15.6 Å². The molecule has 2 aliphatic rings. The number of likely N-dealkylation sites (tertiary alicyclic amines) is 1. The number of nitrogens with zero attached hydrogens (tertiary/aromatic N) is 2. The Balaban J connectivity index is 1.47. The number of carbonyl (C=O) groups excluding carboxylic acids is 3. The van der Waals surface area contributed by atoms with E-state index in [4.69, 9.17) is 9.84 Å². The van der Waals surface area contributed by atoms with Gasteiger partial charge in [0.05, 0.1) is 16.1 Å². The second kappa shape index (κ2) is 11.5. The van der Waals surface area contributed by atoms with E-state index in [-0.39, 0.29) is 25.3 Å². The van der Waals surface area contributed by atoms with E-state index in [9.17, 15) is 23.6 Å². The molecular formula is C28H35FN4O6S. The van der Waals surface area contributed by atoms with Crippen LogP contribution < -0.4 is 15.4 Å². The number of amides is 3. The molecule has 1 aliphatic carbocycles. The number of carboxylic acid groups (broad SMARTS) is 1. The number of aliphatic carboxylic acids is 1. The molecule has 2 aromatic rings. The highest BCUT2D eigenvalue weighted by Gasteiger charge is 2.53. The topological polar surface area (TPSA) is 138 Å². The van der Waals surface area contributed by atoms with Gasteiger partial charge in [-0.25, -0.2) is 14.2 Å². The first-order valence-electron chi connectivity index (χ1n) is 13.3. The normalized spacial score (nSPS) is 18.6. The molecule has 10 nitrogen and oxygen atoms in total. The van der Waals surface area contributed by atoms with Crippen LogP contribution in [-0.4, -0.2) is 69.6 Å². The van der Waals surface area contributed by atoms with Gasteiger partial charge in [-0.15, -0.1) is 11.3 Å². The average Bonchev–Trinajstić information content (AvgIpc) is 3.27. The van der Waals surface area contributed by atoms with Crippen molar-refractivity contribution in [2.45, 2.75) is 77.7 Å². The van der Waals surface area contributed by atoms with E-state index in [0.29, 0.717) is 30.7 Å². The van der Waals surface area contributed by atoms with Crippen molar-refractivity contribution in [3.8, 4) is 16.2 Å². The molecule has 0 radical (unpaired) electrons. The monoisotopic (exact) mass is 574 g/mol. The summed E-state index contributed by atoms with van der Waals surface area (Å²) < 4.78 is 19.9. The number of hydrogen-bond donors (Lipinski definition) is 3. The fourth-order valence-electron chi connectivity index (χ4n) is 4.71. The Morgan fingerprint density at radius 3 is 2.60 bits per heavy atom. The van der Waals surface area contributed by atoms with Crippen LogP contribution in [0.25, 0.3) is 10.4 Å². The Kier molecular flexibility index (Phi) is 8.48. The smallest absolute Gasteiger partial charge is 0.341 e. The molecule has 2 unspecified atom stereocenters. The molecule has 2 fully saturated rings. The molecule has 40 heavy (non-hydrogen) atoms. The number of aryl methyl sites for hydroxylation is 1. The predicted octanol–water partition coefficient (Wildman–Crippen LogP) is 3.22. The molecule has 1 aromatic heterocycles. The van der Waals surface area contributed by atoms with Crippen molar-refractivity contribution >= 4 is 35.0 Å². The van der Waals surface area contributed by atoms with Gasteiger partial charge in [0.1, 0.15) is 17.8 Å². The number of alkyl halides is 1. The molecule has 0 bridgehead atoms. The minimum Gasteiger partial charge on any atom is -0.482 e. The van der Waals surface area contributed by atoms with Gasteiger partial charge in [0.25, 0.3) is 5.91 Å². The molecule has 1 saturated carbocycles. The molecule has 2 atom stereocenters. The molecule has 1 aliphatic heterocycles. The van der Waals surface area contributed by atoms with Crippen molar-refractivity contribution in [2.75, 3.05) is 13.2 Å². The first kappa shape index (κ1) is 29.4.